The van der Waals surface area contributed by atoms with Crippen molar-refractivity contribution in [2.45, 2.75) is 19.3 Å². The predicted octanol–water partition coefficient (Wildman–Crippen LogP) is 6.64. The number of benzene rings is 4. The molecule has 0 bridgehead atoms. The Labute approximate surface area is 264 Å². The smallest absolute Gasteiger partial charge is 0.162 e. The fraction of sp³-hybridized carbons (Fsp3) is 0.250. The van der Waals surface area contributed by atoms with Crippen LogP contribution in [0.15, 0.2) is 96.1 Å². The van der Waals surface area contributed by atoms with Gasteiger partial charge < -0.3 is 19.7 Å². The van der Waals surface area contributed by atoms with Crippen LogP contribution in [0.5, 0.6) is 5.75 Å². The lowest BCUT2D eigenvalue weighted by molar-refractivity contribution is 0.217. The second kappa shape index (κ2) is 13.4. The number of fused-ring (bicyclic) bond motifs is 1. The predicted molar refractivity (Wildman–Crippen MR) is 183 cm³/mol. The Hall–Kier alpha value is -4.83. The first-order valence-corrected chi connectivity index (χ1v) is 15.1. The van der Waals surface area contributed by atoms with E-state index in [0.29, 0.717) is 18.2 Å². The van der Waals surface area contributed by atoms with Gasteiger partial charge in [-0.15, -0.1) is 0 Å². The van der Waals surface area contributed by atoms with Crippen molar-refractivity contribution < 1.29 is 9.47 Å². The zero-order chi connectivity index (χ0) is 31.3. The summed E-state index contributed by atoms with van der Waals surface area (Å²) < 4.78 is 11.9. The molecule has 1 saturated heterocycles. The zero-order valence-corrected chi connectivity index (χ0v) is 26.2. The van der Waals surface area contributed by atoms with Crippen LogP contribution in [-0.2, 0) is 4.74 Å². The number of hydrogen-bond acceptors (Lipinski definition) is 9. The molecule has 4 aromatic carbocycles. The van der Waals surface area contributed by atoms with E-state index in [1.165, 1.54) is 5.56 Å². The number of nitrogens with one attached hydrogen (secondary N) is 2. The SMILES string of the molecule is C=NNc1ccc(Nc2nc(-c3ccc(-c4ccccc4)cc3)nc3ccc(OCCN(C)CC4OC4N(C)C)cc23)cc1C. The quantitative estimate of drug-likeness (QED) is 0.0882. The van der Waals surface area contributed by atoms with Gasteiger partial charge in [0.15, 0.2) is 5.82 Å². The van der Waals surface area contributed by atoms with Crippen molar-refractivity contribution in [3.8, 4) is 28.3 Å². The molecule has 2 unspecified atom stereocenters. The summed E-state index contributed by atoms with van der Waals surface area (Å²) in [5.74, 6) is 2.11. The van der Waals surface area contributed by atoms with Crippen molar-refractivity contribution in [2.75, 3.05) is 51.6 Å². The molecule has 5 aromatic rings. The number of aromatic nitrogens is 2. The van der Waals surface area contributed by atoms with Gasteiger partial charge in [0.1, 0.15) is 30.5 Å². The Balaban J connectivity index is 1.25. The van der Waals surface area contributed by atoms with Gasteiger partial charge in [0.2, 0.25) is 0 Å². The monoisotopic (exact) mass is 601 g/mol. The van der Waals surface area contributed by atoms with Crippen LogP contribution in [0, 0.1) is 6.92 Å². The molecule has 45 heavy (non-hydrogen) atoms. The minimum absolute atomic E-state index is 0.210. The lowest BCUT2D eigenvalue weighted by Crippen LogP contribution is -2.30. The largest absolute Gasteiger partial charge is 0.492 e. The summed E-state index contributed by atoms with van der Waals surface area (Å²) in [6.07, 6.45) is 0.461. The van der Waals surface area contributed by atoms with Gasteiger partial charge in [0.05, 0.1) is 11.2 Å². The third-order valence-corrected chi connectivity index (χ3v) is 7.90. The van der Waals surface area contributed by atoms with Crippen LogP contribution in [0.3, 0.4) is 0 Å². The molecule has 1 aliphatic rings. The molecule has 1 fully saturated rings. The molecule has 1 aromatic heterocycles. The van der Waals surface area contributed by atoms with Crippen molar-refractivity contribution in [3.63, 3.8) is 0 Å². The molecule has 0 aliphatic carbocycles. The first kappa shape index (κ1) is 30.2. The maximum atomic E-state index is 6.20. The van der Waals surface area contributed by atoms with Gasteiger partial charge in [-0.3, -0.25) is 10.3 Å². The third kappa shape index (κ3) is 7.29. The highest BCUT2D eigenvalue weighted by Gasteiger charge is 2.41. The van der Waals surface area contributed by atoms with Crippen LogP contribution in [0.4, 0.5) is 17.2 Å². The molecule has 2 heterocycles. The summed E-state index contributed by atoms with van der Waals surface area (Å²) in [6.45, 7) is 7.77. The molecular weight excluding hydrogens is 562 g/mol. The molecule has 2 N–H and O–H groups in total. The van der Waals surface area contributed by atoms with E-state index in [9.17, 15) is 0 Å². The molecule has 1 aliphatic heterocycles. The standard InChI is InChI=1S/C36H39N7O2/c1-24-21-28(15-17-31(24)41-37-2)38-35-30-22-29(44-20-19-43(5)23-33-36(45-33)42(3)4)16-18-32(30)39-34(40-35)27-13-11-26(12-14-27)25-9-7-6-8-10-25/h6-18,21-22,33,36,41H,2,19-20,23H2,1,3-5H3,(H,38,39,40). The highest BCUT2D eigenvalue weighted by molar-refractivity contribution is 5.93. The molecular formula is C36H39N7O2. The normalized spacial score (nSPS) is 15.8. The highest BCUT2D eigenvalue weighted by Crippen LogP contribution is 2.32. The Kier molecular flexibility index (Phi) is 9.02. The fourth-order valence-electron chi connectivity index (χ4n) is 5.39. The van der Waals surface area contributed by atoms with E-state index < -0.39 is 0 Å². The second-order valence-corrected chi connectivity index (χ2v) is 11.6. The van der Waals surface area contributed by atoms with Crippen molar-refractivity contribution in [3.05, 3.63) is 96.6 Å². The Morgan fingerprint density at radius 2 is 1.64 bits per heavy atom. The Bertz CT molecular complexity index is 1780. The van der Waals surface area contributed by atoms with E-state index in [0.717, 1.165) is 57.8 Å². The first-order chi connectivity index (χ1) is 21.9. The molecule has 9 nitrogen and oxygen atoms in total. The van der Waals surface area contributed by atoms with E-state index in [-0.39, 0.29) is 12.3 Å². The van der Waals surface area contributed by atoms with Gasteiger partial charge in [-0.1, -0.05) is 54.6 Å². The van der Waals surface area contributed by atoms with Gasteiger partial charge >= 0.3 is 0 Å². The summed E-state index contributed by atoms with van der Waals surface area (Å²) in [5, 5.41) is 8.21. The minimum atomic E-state index is 0.210. The van der Waals surface area contributed by atoms with Crippen molar-refractivity contribution in [1.82, 2.24) is 19.8 Å². The lowest BCUT2D eigenvalue weighted by atomic mass is 10.0. The number of anilines is 3. The number of epoxide rings is 1. The maximum absolute atomic E-state index is 6.20. The van der Waals surface area contributed by atoms with Gasteiger partial charge in [0.25, 0.3) is 0 Å². The van der Waals surface area contributed by atoms with E-state index >= 15 is 0 Å². The Morgan fingerprint density at radius 3 is 2.36 bits per heavy atom. The summed E-state index contributed by atoms with van der Waals surface area (Å²) >= 11 is 0. The van der Waals surface area contributed by atoms with Crippen LogP contribution in [-0.4, -0.2) is 79.7 Å². The lowest BCUT2D eigenvalue weighted by Gasteiger charge is -2.17. The third-order valence-electron chi connectivity index (χ3n) is 7.90. The van der Waals surface area contributed by atoms with Crippen LogP contribution in [0.25, 0.3) is 33.4 Å². The van der Waals surface area contributed by atoms with Crippen LogP contribution < -0.4 is 15.5 Å². The average molecular weight is 602 g/mol. The van der Waals surface area contributed by atoms with Crippen molar-refractivity contribution in [2.24, 2.45) is 5.10 Å². The molecule has 6 rings (SSSR count). The van der Waals surface area contributed by atoms with Gasteiger partial charge in [-0.05, 0) is 81.2 Å². The van der Waals surface area contributed by atoms with E-state index in [1.807, 2.05) is 69.6 Å². The first-order valence-electron chi connectivity index (χ1n) is 15.1. The average Bonchev–Trinajstić information content (AvgIpc) is 3.82. The van der Waals surface area contributed by atoms with Gasteiger partial charge in [-0.2, -0.15) is 5.10 Å². The molecule has 230 valence electrons. The number of hydrazone groups is 1. The van der Waals surface area contributed by atoms with Crippen molar-refractivity contribution >= 4 is 34.8 Å². The topological polar surface area (TPSA) is 90.4 Å². The Morgan fingerprint density at radius 1 is 0.889 bits per heavy atom. The number of likely N-dealkylation sites (N-methyl/N-ethyl adjacent to an activating group) is 2. The van der Waals surface area contributed by atoms with Crippen LogP contribution in [0.2, 0.25) is 0 Å². The van der Waals surface area contributed by atoms with Crippen molar-refractivity contribution in [1.29, 1.82) is 0 Å². The van der Waals surface area contributed by atoms with E-state index in [2.05, 4.69) is 81.9 Å². The van der Waals surface area contributed by atoms with E-state index in [1.54, 1.807) is 0 Å². The molecule has 9 heteroatoms. The zero-order valence-electron chi connectivity index (χ0n) is 26.2. The fourth-order valence-corrected chi connectivity index (χ4v) is 5.39. The summed E-state index contributed by atoms with van der Waals surface area (Å²) in [5.41, 5.74) is 9.84. The minimum Gasteiger partial charge on any atom is -0.492 e. The van der Waals surface area contributed by atoms with Gasteiger partial charge in [-0.25, -0.2) is 9.97 Å². The number of aryl methyl sites for hydroxylation is 1. The summed E-state index contributed by atoms with van der Waals surface area (Å²) in [7, 11) is 6.17. The second-order valence-electron chi connectivity index (χ2n) is 11.6. The molecule has 0 radical (unpaired) electrons. The van der Waals surface area contributed by atoms with Crippen LogP contribution in [0.1, 0.15) is 5.56 Å². The number of nitrogens with zero attached hydrogens (tertiary/aromatic N) is 5. The summed E-state index contributed by atoms with van der Waals surface area (Å²) in [6, 6.07) is 30.7. The number of rotatable bonds is 13. The van der Waals surface area contributed by atoms with Crippen LogP contribution >= 0.6 is 0 Å². The molecule has 2 atom stereocenters. The van der Waals surface area contributed by atoms with Gasteiger partial charge in [0, 0.05) is 36.4 Å². The molecule has 0 amide bonds. The van der Waals surface area contributed by atoms with E-state index in [4.69, 9.17) is 19.4 Å². The maximum Gasteiger partial charge on any atom is 0.162 e. The number of ether oxygens (including phenoxy) is 2. The highest BCUT2D eigenvalue weighted by atomic mass is 16.6. The molecule has 0 saturated carbocycles. The summed E-state index contributed by atoms with van der Waals surface area (Å²) in [4.78, 5) is 14.3. The number of hydrogen-bond donors (Lipinski definition) is 2. The molecule has 0 spiro atoms.